The average molecular weight is 241 g/mol. The molecule has 0 saturated carbocycles. The number of hydrogen-bond donors (Lipinski definition) is 1. The van der Waals surface area contributed by atoms with Crippen LogP contribution in [0.15, 0.2) is 6.07 Å². The molecule has 4 nitrogen and oxygen atoms in total. The zero-order valence-electron chi connectivity index (χ0n) is 9.54. The minimum absolute atomic E-state index is 0.506. The van der Waals surface area contributed by atoms with Crippen molar-refractivity contribution in [2.24, 2.45) is 0 Å². The van der Waals surface area contributed by atoms with Gasteiger partial charge in [-0.25, -0.2) is 15.0 Å². The first-order valence-corrected chi connectivity index (χ1v) is 6.21. The third-order valence-corrected chi connectivity index (χ3v) is 2.88. The third kappa shape index (κ3) is 3.06. The lowest BCUT2D eigenvalue weighted by Crippen LogP contribution is -2.35. The molecule has 1 N–H and O–H groups in total. The summed E-state index contributed by atoms with van der Waals surface area (Å²) in [7, 11) is 0. The van der Waals surface area contributed by atoms with Crippen LogP contribution in [0.25, 0.3) is 0 Å². The first-order valence-electron chi connectivity index (χ1n) is 5.83. The van der Waals surface area contributed by atoms with Crippen molar-refractivity contribution in [2.75, 3.05) is 18.5 Å². The minimum Gasteiger partial charge on any atom is -0.303 e. The van der Waals surface area contributed by atoms with Crippen LogP contribution in [-0.2, 0) is 6.42 Å². The third-order valence-electron chi connectivity index (χ3n) is 2.69. The number of halogens is 1. The number of piperidine rings is 1. The van der Waals surface area contributed by atoms with Gasteiger partial charge in [-0.15, -0.1) is 0 Å². The fourth-order valence-electron chi connectivity index (χ4n) is 1.85. The number of nitrogens with zero attached hydrogens (tertiary/aromatic N) is 3. The lowest BCUT2D eigenvalue weighted by molar-refractivity contribution is 0.272. The van der Waals surface area contributed by atoms with Crippen LogP contribution in [-0.4, -0.2) is 28.1 Å². The minimum atomic E-state index is 0.506. The Morgan fingerprint density at radius 3 is 2.75 bits per heavy atom. The molecule has 1 aliphatic rings. The maximum absolute atomic E-state index is 5.94. The molecule has 0 aromatic carbocycles. The van der Waals surface area contributed by atoms with Crippen molar-refractivity contribution in [1.29, 1.82) is 0 Å². The van der Waals surface area contributed by atoms with Crippen LogP contribution in [0.5, 0.6) is 0 Å². The van der Waals surface area contributed by atoms with Crippen molar-refractivity contribution in [3.05, 3.63) is 17.0 Å². The summed E-state index contributed by atoms with van der Waals surface area (Å²) in [6.45, 7) is 4.17. The van der Waals surface area contributed by atoms with E-state index in [1.165, 1.54) is 19.3 Å². The number of hydrogen-bond acceptors (Lipinski definition) is 4. The van der Waals surface area contributed by atoms with Crippen molar-refractivity contribution in [2.45, 2.75) is 32.6 Å². The van der Waals surface area contributed by atoms with Crippen LogP contribution in [0.2, 0.25) is 5.15 Å². The molecule has 2 heterocycles. The Hall–Kier alpha value is -0.870. The predicted molar refractivity (Wildman–Crippen MR) is 65.5 cm³/mol. The smallest absolute Gasteiger partial charge is 0.145 e. The van der Waals surface area contributed by atoms with Gasteiger partial charge in [0.15, 0.2) is 0 Å². The summed E-state index contributed by atoms with van der Waals surface area (Å²) in [6, 6.07) is 1.77. The molecular formula is C11H17ClN4. The first-order chi connectivity index (χ1) is 7.78. The molecule has 0 spiro atoms. The van der Waals surface area contributed by atoms with Crippen LogP contribution in [0, 0.1) is 0 Å². The van der Waals surface area contributed by atoms with Crippen LogP contribution < -0.4 is 5.43 Å². The second-order valence-corrected chi connectivity index (χ2v) is 4.39. The topological polar surface area (TPSA) is 41.1 Å². The van der Waals surface area contributed by atoms with Gasteiger partial charge in [-0.3, -0.25) is 0 Å². The average Bonchev–Trinajstić information content (AvgIpc) is 2.29. The number of nitrogens with one attached hydrogen (secondary N) is 1. The SMILES string of the molecule is CCc1nc(Cl)cc(NN2CCCCC2)n1. The molecule has 1 saturated heterocycles. The number of rotatable bonds is 3. The summed E-state index contributed by atoms with van der Waals surface area (Å²) < 4.78 is 0. The van der Waals surface area contributed by atoms with Crippen molar-refractivity contribution >= 4 is 17.4 Å². The van der Waals surface area contributed by atoms with E-state index in [2.05, 4.69) is 20.4 Å². The normalized spacial score (nSPS) is 17.4. The molecule has 0 bridgehead atoms. The van der Waals surface area contributed by atoms with E-state index >= 15 is 0 Å². The summed E-state index contributed by atoms with van der Waals surface area (Å²) in [5.41, 5.74) is 3.29. The second-order valence-electron chi connectivity index (χ2n) is 4.01. The van der Waals surface area contributed by atoms with Gasteiger partial charge in [-0.05, 0) is 12.8 Å². The van der Waals surface area contributed by atoms with Gasteiger partial charge in [-0.2, -0.15) is 0 Å². The van der Waals surface area contributed by atoms with Crippen LogP contribution in [0.3, 0.4) is 0 Å². The maximum Gasteiger partial charge on any atom is 0.145 e. The Balaban J connectivity index is 2.04. The van der Waals surface area contributed by atoms with Crippen LogP contribution >= 0.6 is 11.6 Å². The zero-order valence-corrected chi connectivity index (χ0v) is 10.3. The molecule has 16 heavy (non-hydrogen) atoms. The second kappa shape index (κ2) is 5.46. The predicted octanol–water partition coefficient (Wildman–Crippen LogP) is 2.51. The molecule has 1 fully saturated rings. The van der Waals surface area contributed by atoms with E-state index in [1.54, 1.807) is 6.07 Å². The number of anilines is 1. The van der Waals surface area contributed by atoms with Crippen LogP contribution in [0.4, 0.5) is 5.82 Å². The van der Waals surface area contributed by atoms with E-state index in [4.69, 9.17) is 11.6 Å². The van der Waals surface area contributed by atoms with E-state index in [0.29, 0.717) is 5.15 Å². The Kier molecular flexibility index (Phi) is 3.96. The van der Waals surface area contributed by atoms with Gasteiger partial charge in [0, 0.05) is 25.6 Å². The molecule has 88 valence electrons. The Bertz CT molecular complexity index is 350. The Morgan fingerprint density at radius 1 is 1.31 bits per heavy atom. The van der Waals surface area contributed by atoms with Gasteiger partial charge < -0.3 is 5.43 Å². The van der Waals surface area contributed by atoms with E-state index in [9.17, 15) is 0 Å². The molecule has 0 unspecified atom stereocenters. The highest BCUT2D eigenvalue weighted by Crippen LogP contribution is 2.15. The van der Waals surface area contributed by atoms with Gasteiger partial charge in [0.05, 0.1) is 0 Å². The van der Waals surface area contributed by atoms with Crippen LogP contribution in [0.1, 0.15) is 32.0 Å². The molecule has 0 aliphatic carbocycles. The highest BCUT2D eigenvalue weighted by molar-refractivity contribution is 6.29. The molecule has 1 aromatic rings. The first kappa shape index (κ1) is 11.6. The van der Waals surface area contributed by atoms with Crippen molar-refractivity contribution < 1.29 is 0 Å². The monoisotopic (exact) mass is 240 g/mol. The Labute approximate surface area is 101 Å². The zero-order chi connectivity index (χ0) is 11.4. The van der Waals surface area contributed by atoms with Gasteiger partial charge in [0.2, 0.25) is 0 Å². The van der Waals surface area contributed by atoms with E-state index in [-0.39, 0.29) is 0 Å². The Morgan fingerprint density at radius 2 is 2.06 bits per heavy atom. The van der Waals surface area contributed by atoms with Gasteiger partial charge in [0.1, 0.15) is 16.8 Å². The lowest BCUT2D eigenvalue weighted by atomic mass is 10.2. The highest BCUT2D eigenvalue weighted by Gasteiger charge is 2.11. The largest absolute Gasteiger partial charge is 0.303 e. The fourth-order valence-corrected chi connectivity index (χ4v) is 2.05. The summed E-state index contributed by atoms with van der Waals surface area (Å²) in [5.74, 6) is 1.59. The van der Waals surface area contributed by atoms with Gasteiger partial charge in [-0.1, -0.05) is 24.9 Å². The molecule has 5 heteroatoms. The molecular weight excluding hydrogens is 224 g/mol. The quantitative estimate of drug-likeness (QED) is 0.825. The summed E-state index contributed by atoms with van der Waals surface area (Å²) in [6.07, 6.45) is 4.61. The summed E-state index contributed by atoms with van der Waals surface area (Å²) in [5, 5.41) is 2.70. The van der Waals surface area contributed by atoms with E-state index in [0.717, 1.165) is 31.2 Å². The van der Waals surface area contributed by atoms with Gasteiger partial charge in [0.25, 0.3) is 0 Å². The highest BCUT2D eigenvalue weighted by atomic mass is 35.5. The van der Waals surface area contributed by atoms with Crippen molar-refractivity contribution in [3.63, 3.8) is 0 Å². The fraction of sp³-hybridized carbons (Fsp3) is 0.636. The molecule has 0 atom stereocenters. The van der Waals surface area contributed by atoms with Crippen molar-refractivity contribution in [3.8, 4) is 0 Å². The molecule has 1 aromatic heterocycles. The lowest BCUT2D eigenvalue weighted by Gasteiger charge is -2.27. The molecule has 1 aliphatic heterocycles. The molecule has 0 radical (unpaired) electrons. The molecule has 2 rings (SSSR count). The van der Waals surface area contributed by atoms with E-state index in [1.807, 2.05) is 6.92 Å². The number of hydrazine groups is 1. The van der Waals surface area contributed by atoms with Crippen molar-refractivity contribution in [1.82, 2.24) is 15.0 Å². The van der Waals surface area contributed by atoms with E-state index < -0.39 is 0 Å². The summed E-state index contributed by atoms with van der Waals surface area (Å²) in [4.78, 5) is 8.54. The number of aryl methyl sites for hydroxylation is 1. The van der Waals surface area contributed by atoms with Gasteiger partial charge >= 0.3 is 0 Å². The summed E-state index contributed by atoms with van der Waals surface area (Å²) >= 11 is 5.94. The standard InChI is InChI=1S/C11H17ClN4/c1-2-10-13-9(12)8-11(14-10)15-16-6-4-3-5-7-16/h8H,2-7H2,1H3,(H,13,14,15). The molecule has 0 amide bonds. The maximum atomic E-state index is 5.94. The number of aromatic nitrogens is 2.